The molecule has 0 N–H and O–H groups in total. The lowest BCUT2D eigenvalue weighted by atomic mass is 10.1. The van der Waals surface area contributed by atoms with E-state index in [0.717, 1.165) is 44.2 Å². The number of methoxy groups -OCH3 is 1. The Bertz CT molecular complexity index is 1110. The van der Waals surface area contributed by atoms with Crippen molar-refractivity contribution in [1.82, 2.24) is 9.21 Å². The first-order chi connectivity index (χ1) is 16.9. The molecule has 3 heterocycles. The zero-order valence-corrected chi connectivity index (χ0v) is 21.5. The number of halogens is 1. The van der Waals surface area contributed by atoms with Crippen LogP contribution in [-0.4, -0.2) is 89.0 Å². The van der Waals surface area contributed by atoms with Gasteiger partial charge in [-0.1, -0.05) is 23.7 Å². The number of para-hydroxylation sites is 2. The van der Waals surface area contributed by atoms with Gasteiger partial charge in [-0.05, 0) is 36.4 Å². The van der Waals surface area contributed by atoms with E-state index >= 15 is 0 Å². The van der Waals surface area contributed by atoms with E-state index in [4.69, 9.17) is 25.8 Å². The van der Waals surface area contributed by atoms with Crippen LogP contribution in [0.15, 0.2) is 53.4 Å². The zero-order chi connectivity index (χ0) is 24.5. The van der Waals surface area contributed by atoms with Crippen molar-refractivity contribution in [3.8, 4) is 5.75 Å². The number of sulfonamides is 1. The minimum absolute atomic E-state index is 0.00719. The van der Waals surface area contributed by atoms with Crippen LogP contribution in [0.4, 0.5) is 5.69 Å². The monoisotopic (exact) mass is 521 g/mol. The third-order valence-corrected chi connectivity index (χ3v) is 9.27. The van der Waals surface area contributed by atoms with Gasteiger partial charge in [-0.15, -0.1) is 0 Å². The molecule has 10 heteroatoms. The first-order valence-corrected chi connectivity index (χ1v) is 13.9. The van der Waals surface area contributed by atoms with Gasteiger partial charge in [0.2, 0.25) is 10.0 Å². The largest absolute Gasteiger partial charge is 0.495 e. The minimum atomic E-state index is -3.55. The van der Waals surface area contributed by atoms with Crippen LogP contribution in [0.1, 0.15) is 12.8 Å². The van der Waals surface area contributed by atoms with Gasteiger partial charge in [-0.3, -0.25) is 4.90 Å². The third-order valence-electron chi connectivity index (χ3n) is 7.11. The van der Waals surface area contributed by atoms with Crippen LogP contribution in [0.5, 0.6) is 5.75 Å². The molecular formula is C25H32ClN3O5S. The van der Waals surface area contributed by atoms with Crippen molar-refractivity contribution in [2.45, 2.75) is 29.6 Å². The van der Waals surface area contributed by atoms with Gasteiger partial charge in [0.15, 0.2) is 5.79 Å². The third kappa shape index (κ3) is 5.30. The molecular weight excluding hydrogens is 490 g/mol. The molecule has 3 saturated heterocycles. The Labute approximate surface area is 212 Å². The summed E-state index contributed by atoms with van der Waals surface area (Å²) in [5.74, 6) is 0.218. The predicted molar refractivity (Wildman–Crippen MR) is 135 cm³/mol. The normalized spacial score (nSPS) is 23.6. The Kier molecular flexibility index (Phi) is 7.25. The number of anilines is 1. The van der Waals surface area contributed by atoms with E-state index < -0.39 is 15.8 Å². The van der Waals surface area contributed by atoms with Crippen LogP contribution < -0.4 is 9.64 Å². The van der Waals surface area contributed by atoms with E-state index in [-0.39, 0.29) is 11.0 Å². The number of piperazine rings is 1. The molecule has 190 valence electrons. The summed E-state index contributed by atoms with van der Waals surface area (Å²) in [5.41, 5.74) is 1.13. The fourth-order valence-electron chi connectivity index (χ4n) is 5.14. The lowest BCUT2D eigenvalue weighted by Gasteiger charge is -2.39. The fraction of sp³-hybridized carbons (Fsp3) is 0.520. The molecule has 2 aromatic rings. The summed E-state index contributed by atoms with van der Waals surface area (Å²) in [6.45, 7) is 5.83. The first-order valence-electron chi connectivity index (χ1n) is 12.1. The highest BCUT2D eigenvalue weighted by Gasteiger charge is 2.46. The maximum absolute atomic E-state index is 13.0. The van der Waals surface area contributed by atoms with E-state index in [0.29, 0.717) is 37.6 Å². The summed E-state index contributed by atoms with van der Waals surface area (Å²) in [7, 11) is -1.84. The van der Waals surface area contributed by atoms with Crippen LogP contribution in [0, 0.1) is 0 Å². The number of piperidine rings is 1. The van der Waals surface area contributed by atoms with Crippen molar-refractivity contribution in [3.05, 3.63) is 53.6 Å². The van der Waals surface area contributed by atoms with Crippen LogP contribution in [-0.2, 0) is 19.5 Å². The summed E-state index contributed by atoms with van der Waals surface area (Å²) < 4.78 is 45.5. The predicted octanol–water partition coefficient (Wildman–Crippen LogP) is 3.07. The maximum Gasteiger partial charge on any atom is 0.243 e. The van der Waals surface area contributed by atoms with Crippen molar-refractivity contribution in [1.29, 1.82) is 0 Å². The molecule has 2 aromatic carbocycles. The molecule has 35 heavy (non-hydrogen) atoms. The topological polar surface area (TPSA) is 71.5 Å². The number of nitrogens with zero attached hydrogens (tertiary/aromatic N) is 3. The van der Waals surface area contributed by atoms with Gasteiger partial charge in [0.1, 0.15) is 5.75 Å². The first kappa shape index (κ1) is 24.8. The Balaban J connectivity index is 1.11. The molecule has 1 unspecified atom stereocenters. The molecule has 3 aliphatic rings. The average molecular weight is 522 g/mol. The highest BCUT2D eigenvalue weighted by atomic mass is 35.5. The number of rotatable bonds is 6. The highest BCUT2D eigenvalue weighted by molar-refractivity contribution is 7.89. The number of hydrogen-bond acceptors (Lipinski definition) is 7. The maximum atomic E-state index is 13.0. The van der Waals surface area contributed by atoms with Crippen LogP contribution in [0.2, 0.25) is 5.02 Å². The SMILES string of the molecule is COc1ccccc1N1CCN(CC2COC3(CCN(S(=O)(=O)c4ccc(Cl)cc4)CC3)O2)CC1. The van der Waals surface area contributed by atoms with Crippen molar-refractivity contribution in [2.24, 2.45) is 0 Å². The molecule has 1 spiro atoms. The van der Waals surface area contributed by atoms with Gasteiger partial charge in [0.25, 0.3) is 0 Å². The molecule has 0 radical (unpaired) electrons. The Morgan fingerprint density at radius 1 is 1.00 bits per heavy atom. The van der Waals surface area contributed by atoms with Gasteiger partial charge < -0.3 is 19.1 Å². The van der Waals surface area contributed by atoms with Crippen molar-refractivity contribution >= 4 is 27.3 Å². The van der Waals surface area contributed by atoms with E-state index in [1.54, 1.807) is 31.4 Å². The van der Waals surface area contributed by atoms with Gasteiger partial charge in [0.05, 0.1) is 30.4 Å². The number of hydrogen-bond donors (Lipinski definition) is 0. The molecule has 3 fully saturated rings. The standard InChI is InChI=1S/C25H32ClN3O5S/c1-32-24-5-3-2-4-23(24)28-16-14-27(15-17-28)18-21-19-33-25(34-21)10-12-29(13-11-25)35(30,31)22-8-6-20(26)7-9-22/h2-9,21H,10-19H2,1H3. The van der Waals surface area contributed by atoms with Gasteiger partial charge in [-0.25, -0.2) is 8.42 Å². The molecule has 1 atom stereocenters. The lowest BCUT2D eigenvalue weighted by Crippen LogP contribution is -2.50. The van der Waals surface area contributed by atoms with Crippen molar-refractivity contribution in [3.63, 3.8) is 0 Å². The number of ether oxygens (including phenoxy) is 3. The smallest absolute Gasteiger partial charge is 0.243 e. The van der Waals surface area contributed by atoms with E-state index in [2.05, 4.69) is 15.9 Å². The second-order valence-electron chi connectivity index (χ2n) is 9.28. The summed E-state index contributed by atoms with van der Waals surface area (Å²) in [6.07, 6.45) is 1.04. The van der Waals surface area contributed by atoms with Gasteiger partial charge in [0, 0.05) is 63.7 Å². The average Bonchev–Trinajstić information content (AvgIpc) is 3.26. The van der Waals surface area contributed by atoms with Crippen LogP contribution in [0.25, 0.3) is 0 Å². The molecule has 0 aromatic heterocycles. The molecule has 0 amide bonds. The summed E-state index contributed by atoms with van der Waals surface area (Å²) >= 11 is 5.91. The summed E-state index contributed by atoms with van der Waals surface area (Å²) in [6, 6.07) is 14.4. The van der Waals surface area contributed by atoms with E-state index in [9.17, 15) is 8.42 Å². The Hall–Kier alpha value is -1.88. The highest BCUT2D eigenvalue weighted by Crippen LogP contribution is 2.36. The van der Waals surface area contributed by atoms with Crippen LogP contribution in [0.3, 0.4) is 0 Å². The van der Waals surface area contributed by atoms with Gasteiger partial charge >= 0.3 is 0 Å². The molecule has 0 aliphatic carbocycles. The molecule has 0 bridgehead atoms. The molecule has 5 rings (SSSR count). The second-order valence-corrected chi connectivity index (χ2v) is 11.7. The van der Waals surface area contributed by atoms with Crippen molar-refractivity contribution in [2.75, 3.05) is 64.4 Å². The zero-order valence-electron chi connectivity index (χ0n) is 19.9. The summed E-state index contributed by atoms with van der Waals surface area (Å²) in [5, 5.41) is 0.515. The van der Waals surface area contributed by atoms with Crippen LogP contribution >= 0.6 is 11.6 Å². The van der Waals surface area contributed by atoms with Gasteiger partial charge in [-0.2, -0.15) is 4.31 Å². The second kappa shape index (κ2) is 10.2. The molecule has 3 aliphatic heterocycles. The van der Waals surface area contributed by atoms with Crippen molar-refractivity contribution < 1.29 is 22.6 Å². The summed E-state index contributed by atoms with van der Waals surface area (Å²) in [4.78, 5) is 5.04. The van der Waals surface area contributed by atoms with E-state index in [1.165, 1.54) is 4.31 Å². The Morgan fingerprint density at radius 3 is 2.37 bits per heavy atom. The van der Waals surface area contributed by atoms with E-state index in [1.807, 2.05) is 18.2 Å². The fourth-order valence-corrected chi connectivity index (χ4v) is 6.71. The quantitative estimate of drug-likeness (QED) is 0.578. The number of benzene rings is 2. The lowest BCUT2D eigenvalue weighted by molar-refractivity contribution is -0.190. The minimum Gasteiger partial charge on any atom is -0.495 e. The molecule has 0 saturated carbocycles. The molecule has 8 nitrogen and oxygen atoms in total. The Morgan fingerprint density at radius 2 is 1.69 bits per heavy atom.